The molecule has 0 saturated carbocycles. The van der Waals surface area contributed by atoms with Gasteiger partial charge in [0.25, 0.3) is 0 Å². The van der Waals surface area contributed by atoms with Crippen LogP contribution in [0.25, 0.3) is 55.0 Å². The van der Waals surface area contributed by atoms with Gasteiger partial charge >= 0.3 is 0 Å². The maximum absolute atomic E-state index is 12.4. The second-order valence-corrected chi connectivity index (χ2v) is 10.6. The first-order chi connectivity index (χ1) is 17.4. The Morgan fingerprint density at radius 3 is 2.64 bits per heavy atom. The molecule has 0 fully saturated rings. The van der Waals surface area contributed by atoms with Gasteiger partial charge < -0.3 is 10.3 Å². The molecule has 6 rings (SSSR count). The van der Waals surface area contributed by atoms with Crippen molar-refractivity contribution in [3.8, 4) is 33.0 Å². The molecule has 0 saturated heterocycles. The van der Waals surface area contributed by atoms with E-state index in [0.717, 1.165) is 44.5 Å². The van der Waals surface area contributed by atoms with Crippen LogP contribution >= 0.6 is 11.3 Å². The molecule has 3 N–H and O–H groups in total. The zero-order valence-corrected chi connectivity index (χ0v) is 20.8. The van der Waals surface area contributed by atoms with E-state index in [1.54, 1.807) is 29.9 Å². The van der Waals surface area contributed by atoms with Crippen LogP contribution in [0.5, 0.6) is 0 Å². The number of carbonyl (C=O) groups excluding carboxylic acids is 1. The third kappa shape index (κ3) is 3.93. The first kappa shape index (κ1) is 22.1. The van der Waals surface area contributed by atoms with E-state index in [1.165, 1.54) is 4.88 Å². The highest BCUT2D eigenvalue weighted by molar-refractivity contribution is 7.13. The number of amides is 1. The molecule has 0 radical (unpaired) electrons. The van der Waals surface area contributed by atoms with Crippen LogP contribution in [0.15, 0.2) is 66.6 Å². The number of aromatic nitrogens is 6. The van der Waals surface area contributed by atoms with Crippen LogP contribution in [0, 0.1) is 5.41 Å². The van der Waals surface area contributed by atoms with Crippen molar-refractivity contribution >= 4 is 45.0 Å². The van der Waals surface area contributed by atoms with Gasteiger partial charge in [0.05, 0.1) is 17.6 Å². The fourth-order valence-electron chi connectivity index (χ4n) is 4.05. The number of nitrogens with zero attached hydrogens (tertiary/aromatic N) is 4. The van der Waals surface area contributed by atoms with Gasteiger partial charge in [-0.2, -0.15) is 5.10 Å². The van der Waals surface area contributed by atoms with Gasteiger partial charge in [-0.15, -0.1) is 11.3 Å². The Morgan fingerprint density at radius 1 is 0.972 bits per heavy atom. The van der Waals surface area contributed by atoms with Crippen molar-refractivity contribution < 1.29 is 4.79 Å². The summed E-state index contributed by atoms with van der Waals surface area (Å²) in [5, 5.41) is 14.5. The number of thiophene rings is 1. The highest BCUT2D eigenvalue weighted by atomic mass is 32.1. The minimum Gasteiger partial charge on any atom is -0.338 e. The average molecular weight is 494 g/mol. The van der Waals surface area contributed by atoms with Crippen molar-refractivity contribution in [2.24, 2.45) is 5.41 Å². The summed E-state index contributed by atoms with van der Waals surface area (Å²) in [6, 6.07) is 12.2. The van der Waals surface area contributed by atoms with Crippen molar-refractivity contribution in [3.63, 3.8) is 0 Å². The molecule has 0 atom stereocenters. The zero-order valence-electron chi connectivity index (χ0n) is 20.0. The molecule has 9 heteroatoms. The molecule has 0 aliphatic heterocycles. The quantitative estimate of drug-likeness (QED) is 0.268. The van der Waals surface area contributed by atoms with Gasteiger partial charge in [0, 0.05) is 56.3 Å². The summed E-state index contributed by atoms with van der Waals surface area (Å²) in [5.41, 5.74) is 6.11. The molecule has 6 aromatic heterocycles. The molecule has 8 nitrogen and oxygen atoms in total. The minimum atomic E-state index is -0.500. The Labute approximate surface area is 210 Å². The predicted molar refractivity (Wildman–Crippen MR) is 144 cm³/mol. The van der Waals surface area contributed by atoms with Crippen molar-refractivity contribution in [2.45, 2.75) is 20.8 Å². The van der Waals surface area contributed by atoms with Crippen LogP contribution < -0.4 is 5.32 Å². The molecule has 6 aromatic rings. The number of hydrogen-bond acceptors (Lipinski definition) is 6. The second kappa shape index (κ2) is 8.39. The fraction of sp³-hybridized carbons (Fsp3) is 0.148. The summed E-state index contributed by atoms with van der Waals surface area (Å²) in [5.74, 6) is -0.0681. The molecule has 0 aliphatic rings. The van der Waals surface area contributed by atoms with Gasteiger partial charge in [-0.3, -0.25) is 14.9 Å². The summed E-state index contributed by atoms with van der Waals surface area (Å²) in [6.45, 7) is 5.63. The Balaban J connectivity index is 1.40. The summed E-state index contributed by atoms with van der Waals surface area (Å²) in [4.78, 5) is 30.5. The summed E-state index contributed by atoms with van der Waals surface area (Å²) in [6.07, 6.45) is 7.00. The molecular weight excluding hydrogens is 470 g/mol. The molecule has 0 bridgehead atoms. The van der Waals surface area contributed by atoms with E-state index in [4.69, 9.17) is 0 Å². The van der Waals surface area contributed by atoms with Gasteiger partial charge in [-0.1, -0.05) is 26.8 Å². The maximum atomic E-state index is 12.4. The standard InChI is InChI=1S/C27H23N7OS/c1-27(2,3)26(35)31-17-9-15(12-28-14-17)16-10-20-23(33-34-25(20)30-13-16)21-11-19-18(22-5-4-8-36-22)6-7-29-24(19)32-21/h4-14H,1-3H3,(H,29,32)(H,31,35)(H,30,33,34). The Bertz CT molecular complexity index is 1720. The number of anilines is 1. The third-order valence-corrected chi connectivity index (χ3v) is 6.90. The summed E-state index contributed by atoms with van der Waals surface area (Å²) < 4.78 is 0. The van der Waals surface area contributed by atoms with E-state index < -0.39 is 5.41 Å². The first-order valence-electron chi connectivity index (χ1n) is 11.5. The molecule has 1 amide bonds. The highest BCUT2D eigenvalue weighted by Gasteiger charge is 2.21. The smallest absolute Gasteiger partial charge is 0.229 e. The number of H-pyrrole nitrogens is 2. The lowest BCUT2D eigenvalue weighted by molar-refractivity contribution is -0.123. The molecule has 0 aromatic carbocycles. The number of aromatic amines is 2. The number of nitrogens with one attached hydrogen (secondary N) is 3. The van der Waals surface area contributed by atoms with Crippen LogP contribution in [0.3, 0.4) is 0 Å². The van der Waals surface area contributed by atoms with Crippen molar-refractivity contribution in [2.75, 3.05) is 5.32 Å². The number of pyridine rings is 3. The second-order valence-electron chi connectivity index (χ2n) is 9.64. The van der Waals surface area contributed by atoms with Crippen molar-refractivity contribution in [1.82, 2.24) is 30.1 Å². The predicted octanol–water partition coefficient (Wildman–Crippen LogP) is 6.28. The van der Waals surface area contributed by atoms with Gasteiger partial charge in [-0.05, 0) is 35.7 Å². The summed E-state index contributed by atoms with van der Waals surface area (Å²) in [7, 11) is 0. The van der Waals surface area contributed by atoms with E-state index >= 15 is 0 Å². The summed E-state index contributed by atoms with van der Waals surface area (Å²) >= 11 is 1.70. The van der Waals surface area contributed by atoms with Crippen molar-refractivity contribution in [3.05, 3.63) is 66.6 Å². The highest BCUT2D eigenvalue weighted by Crippen LogP contribution is 2.35. The lowest BCUT2D eigenvalue weighted by Gasteiger charge is -2.17. The van der Waals surface area contributed by atoms with Crippen LogP contribution in [-0.2, 0) is 4.79 Å². The molecule has 0 spiro atoms. The van der Waals surface area contributed by atoms with Gasteiger partial charge in [-0.25, -0.2) is 9.97 Å². The number of carbonyl (C=O) groups is 1. The molecule has 6 heterocycles. The average Bonchev–Trinajstić information content (AvgIpc) is 3.62. The van der Waals surface area contributed by atoms with Gasteiger partial charge in [0.15, 0.2) is 5.65 Å². The normalized spacial score (nSPS) is 11.9. The maximum Gasteiger partial charge on any atom is 0.229 e. The minimum absolute atomic E-state index is 0.0681. The number of rotatable bonds is 4. The van der Waals surface area contributed by atoms with Gasteiger partial charge in [0.2, 0.25) is 5.91 Å². The first-order valence-corrected chi connectivity index (χ1v) is 12.4. The molecule has 0 unspecified atom stereocenters. The molecule has 0 aliphatic carbocycles. The van der Waals surface area contributed by atoms with E-state index in [2.05, 4.69) is 53.0 Å². The molecule has 36 heavy (non-hydrogen) atoms. The van der Waals surface area contributed by atoms with Crippen LogP contribution in [0.4, 0.5) is 5.69 Å². The topological polar surface area (TPSA) is 112 Å². The van der Waals surface area contributed by atoms with Crippen LogP contribution in [0.1, 0.15) is 20.8 Å². The Kier molecular flexibility index (Phi) is 5.15. The van der Waals surface area contributed by atoms with Crippen LogP contribution in [-0.4, -0.2) is 36.0 Å². The molecular formula is C27H23N7OS. The molecule has 178 valence electrons. The van der Waals surface area contributed by atoms with E-state index in [9.17, 15) is 4.79 Å². The SMILES string of the molecule is CC(C)(C)C(=O)Nc1cncc(-c2cnc3[nH]nc(-c4cc5c(-c6cccs6)ccnc5[nH]4)c3c2)c1. The lowest BCUT2D eigenvalue weighted by Crippen LogP contribution is -2.27. The van der Waals surface area contributed by atoms with Crippen molar-refractivity contribution in [1.29, 1.82) is 0 Å². The third-order valence-electron chi connectivity index (χ3n) is 6.00. The lowest BCUT2D eigenvalue weighted by atomic mass is 9.95. The number of fused-ring (bicyclic) bond motifs is 2. The fourth-order valence-corrected chi connectivity index (χ4v) is 4.82. The van der Waals surface area contributed by atoms with E-state index in [-0.39, 0.29) is 5.91 Å². The zero-order chi connectivity index (χ0) is 24.9. The van der Waals surface area contributed by atoms with Gasteiger partial charge in [0.1, 0.15) is 11.3 Å². The van der Waals surface area contributed by atoms with Crippen LogP contribution in [0.2, 0.25) is 0 Å². The van der Waals surface area contributed by atoms with E-state index in [0.29, 0.717) is 11.3 Å². The van der Waals surface area contributed by atoms with E-state index in [1.807, 2.05) is 51.2 Å². The Hall–Kier alpha value is -4.37. The number of hydrogen-bond donors (Lipinski definition) is 3. The monoisotopic (exact) mass is 493 g/mol. The largest absolute Gasteiger partial charge is 0.338 e. The Morgan fingerprint density at radius 2 is 1.83 bits per heavy atom.